The van der Waals surface area contributed by atoms with Crippen molar-refractivity contribution in [3.05, 3.63) is 66.0 Å². The summed E-state index contributed by atoms with van der Waals surface area (Å²) in [6.07, 6.45) is 12.3. The second-order valence-electron chi connectivity index (χ2n) is 17.0. The Morgan fingerprint density at radius 2 is 1.65 bits per heavy atom. The molecule has 3 aliphatic carbocycles. The van der Waals surface area contributed by atoms with Crippen molar-refractivity contribution >= 4 is 23.8 Å². The van der Waals surface area contributed by atoms with E-state index in [1.165, 1.54) is 24.0 Å². The Morgan fingerprint density at radius 1 is 0.907 bits per heavy atom. The Hall–Kier alpha value is -4.54. The van der Waals surface area contributed by atoms with Gasteiger partial charge in [-0.15, -0.1) is 0 Å². The fourth-order valence-electron chi connectivity index (χ4n) is 8.34. The monoisotopic (exact) mass is 739 g/mol. The number of likely N-dealkylation sites (tertiary alicyclic amines) is 1. The first-order valence-electron chi connectivity index (χ1n) is 20.0. The molecule has 2 aromatic carbocycles. The number of methoxy groups -OCH3 is 1. The van der Waals surface area contributed by atoms with E-state index in [1.807, 2.05) is 27.0 Å². The number of aryl methyl sites for hydroxylation is 1. The van der Waals surface area contributed by atoms with Crippen LogP contribution in [0.25, 0.3) is 11.1 Å². The number of ether oxygens (including phenoxy) is 3. The third-order valence-electron chi connectivity index (χ3n) is 11.6. The molecule has 0 bridgehead atoms. The quantitative estimate of drug-likeness (QED) is 0.222. The molecule has 11 heteroatoms. The van der Waals surface area contributed by atoms with Gasteiger partial charge in [0, 0.05) is 43.0 Å². The molecule has 3 saturated carbocycles. The molecule has 0 spiro atoms. The van der Waals surface area contributed by atoms with Gasteiger partial charge in [-0.05, 0) is 139 Å². The standard InChI is InChI=1S/C43H57N5O6/c1-28-21-33(15-20-39(28)52-5)30-11-9-29(10-12-30)24-47(37-8-6-7-32(22-37)34-23-44-48(25-34)36-16-17-36)40(49)31-13-18-38(19-14-31)53-41(50)45-35-26-46(27-35)42(51)54-43(2,3)4/h6-8,15,20-23,25,29-31,35-36,38H,9-14,16-19,24,26-27H2,1-5H3,(H,45,50). The van der Waals surface area contributed by atoms with Gasteiger partial charge in [-0.25, -0.2) is 9.59 Å². The van der Waals surface area contributed by atoms with Crippen molar-refractivity contribution in [3.8, 4) is 16.9 Å². The number of anilines is 1. The summed E-state index contributed by atoms with van der Waals surface area (Å²) in [4.78, 5) is 43.2. The lowest BCUT2D eigenvalue weighted by Crippen LogP contribution is -2.61. The number of aromatic nitrogens is 2. The summed E-state index contributed by atoms with van der Waals surface area (Å²) in [6, 6.07) is 15.3. The molecule has 1 saturated heterocycles. The average molecular weight is 740 g/mol. The zero-order valence-corrected chi connectivity index (χ0v) is 32.6. The minimum atomic E-state index is -0.562. The fourth-order valence-corrected chi connectivity index (χ4v) is 8.34. The van der Waals surface area contributed by atoms with Crippen LogP contribution in [0.1, 0.15) is 108 Å². The van der Waals surface area contributed by atoms with Gasteiger partial charge in [0.15, 0.2) is 0 Å². The summed E-state index contributed by atoms with van der Waals surface area (Å²) in [7, 11) is 1.72. The number of carbonyl (C=O) groups excluding carboxylic acids is 3. The minimum Gasteiger partial charge on any atom is -0.496 e. The van der Waals surface area contributed by atoms with Crippen LogP contribution < -0.4 is 15.0 Å². The Labute approximate surface area is 319 Å². The van der Waals surface area contributed by atoms with Crippen molar-refractivity contribution in [3.63, 3.8) is 0 Å². The number of benzene rings is 2. The van der Waals surface area contributed by atoms with Crippen molar-refractivity contribution in [1.29, 1.82) is 0 Å². The van der Waals surface area contributed by atoms with Crippen LogP contribution >= 0.6 is 0 Å². The number of rotatable bonds is 10. The van der Waals surface area contributed by atoms with Crippen molar-refractivity contribution in [2.75, 3.05) is 31.6 Å². The molecule has 0 radical (unpaired) electrons. The van der Waals surface area contributed by atoms with Crippen molar-refractivity contribution < 1.29 is 28.6 Å². The normalized spacial score (nSPS) is 23.2. The predicted octanol–water partition coefficient (Wildman–Crippen LogP) is 8.41. The maximum Gasteiger partial charge on any atom is 0.410 e. The van der Waals surface area contributed by atoms with Crippen molar-refractivity contribution in [2.24, 2.45) is 11.8 Å². The number of nitrogens with zero attached hydrogens (tertiary/aromatic N) is 4. The summed E-state index contributed by atoms with van der Waals surface area (Å²) in [5, 5.41) is 7.50. The first kappa shape index (κ1) is 37.8. The van der Waals surface area contributed by atoms with Crippen LogP contribution in [-0.4, -0.2) is 77.3 Å². The third kappa shape index (κ3) is 9.21. The minimum absolute atomic E-state index is 0.137. The van der Waals surface area contributed by atoms with Crippen molar-refractivity contribution in [2.45, 2.75) is 122 Å². The summed E-state index contributed by atoms with van der Waals surface area (Å²) in [5.74, 6) is 1.87. The van der Waals surface area contributed by atoms with Gasteiger partial charge in [-0.1, -0.05) is 24.3 Å². The SMILES string of the molecule is COc1ccc(C2CCC(CN(C(=O)C3CCC(OC(=O)NC4CN(C(=O)OC(C)(C)C)C4)CC3)c3cccc(-c4cnn(C5CC5)c4)c3)CC2)cc1C. The molecule has 290 valence electrons. The van der Waals surface area contributed by atoms with Gasteiger partial charge < -0.3 is 29.3 Å². The number of carbonyl (C=O) groups is 3. The predicted molar refractivity (Wildman–Crippen MR) is 208 cm³/mol. The van der Waals surface area contributed by atoms with Crippen LogP contribution in [0.5, 0.6) is 5.75 Å². The fraction of sp³-hybridized carbons (Fsp3) is 0.581. The third-order valence-corrected chi connectivity index (χ3v) is 11.6. The summed E-state index contributed by atoms with van der Waals surface area (Å²) in [6.45, 7) is 9.09. The van der Waals surface area contributed by atoms with Crippen molar-refractivity contribution in [1.82, 2.24) is 20.0 Å². The molecule has 1 N–H and O–H groups in total. The Bertz CT molecular complexity index is 1790. The van der Waals surface area contributed by atoms with Crippen LogP contribution in [0.15, 0.2) is 54.9 Å². The van der Waals surface area contributed by atoms with E-state index in [9.17, 15) is 14.4 Å². The Balaban J connectivity index is 0.968. The van der Waals surface area contributed by atoms with Crippen LogP contribution in [0.2, 0.25) is 0 Å². The second-order valence-corrected chi connectivity index (χ2v) is 17.0. The van der Waals surface area contributed by atoms with Crippen LogP contribution in [-0.2, 0) is 14.3 Å². The lowest BCUT2D eigenvalue weighted by Gasteiger charge is -2.40. The second kappa shape index (κ2) is 16.1. The van der Waals surface area contributed by atoms with Crippen LogP contribution in [0.3, 0.4) is 0 Å². The van der Waals surface area contributed by atoms with Gasteiger partial charge in [0.1, 0.15) is 17.5 Å². The van der Waals surface area contributed by atoms with E-state index in [4.69, 9.17) is 14.2 Å². The lowest BCUT2D eigenvalue weighted by molar-refractivity contribution is -0.124. The Kier molecular flexibility index (Phi) is 11.2. The highest BCUT2D eigenvalue weighted by Crippen LogP contribution is 2.40. The van der Waals surface area contributed by atoms with Gasteiger partial charge in [-0.3, -0.25) is 9.48 Å². The van der Waals surface area contributed by atoms with Gasteiger partial charge in [-0.2, -0.15) is 5.10 Å². The molecule has 2 heterocycles. The molecule has 3 amide bonds. The van der Waals surface area contributed by atoms with E-state index in [-0.39, 0.29) is 30.1 Å². The first-order valence-corrected chi connectivity index (χ1v) is 20.0. The largest absolute Gasteiger partial charge is 0.496 e. The van der Waals surface area contributed by atoms with E-state index in [1.54, 1.807) is 12.0 Å². The topological polar surface area (TPSA) is 115 Å². The number of alkyl carbamates (subject to hydrolysis) is 1. The highest BCUT2D eigenvalue weighted by molar-refractivity contribution is 5.95. The van der Waals surface area contributed by atoms with E-state index in [0.29, 0.717) is 63.2 Å². The summed E-state index contributed by atoms with van der Waals surface area (Å²) >= 11 is 0. The van der Waals surface area contributed by atoms with Crippen LogP contribution in [0.4, 0.5) is 15.3 Å². The zero-order chi connectivity index (χ0) is 38.0. The van der Waals surface area contributed by atoms with E-state index < -0.39 is 11.7 Å². The van der Waals surface area contributed by atoms with Gasteiger partial charge in [0.05, 0.1) is 25.4 Å². The molecule has 4 fully saturated rings. The van der Waals surface area contributed by atoms with Gasteiger partial charge in [0.2, 0.25) is 5.91 Å². The molecule has 11 nitrogen and oxygen atoms in total. The average Bonchev–Trinajstić information content (AvgIpc) is 3.87. The smallest absolute Gasteiger partial charge is 0.410 e. The maximum absolute atomic E-state index is 14.5. The van der Waals surface area contributed by atoms with Gasteiger partial charge >= 0.3 is 12.2 Å². The van der Waals surface area contributed by atoms with E-state index >= 15 is 0 Å². The van der Waals surface area contributed by atoms with E-state index in [2.05, 4.69) is 75.6 Å². The molecule has 1 aromatic heterocycles. The molecule has 1 aliphatic heterocycles. The molecule has 54 heavy (non-hydrogen) atoms. The highest BCUT2D eigenvalue weighted by Gasteiger charge is 2.37. The molecule has 3 aromatic rings. The summed E-state index contributed by atoms with van der Waals surface area (Å²) < 4.78 is 18.8. The first-order chi connectivity index (χ1) is 25.9. The molecular formula is C43H57N5O6. The number of amides is 3. The number of nitrogens with one attached hydrogen (secondary N) is 1. The molecule has 7 rings (SSSR count). The molecule has 0 atom stereocenters. The van der Waals surface area contributed by atoms with E-state index in [0.717, 1.165) is 48.2 Å². The number of hydrogen-bond acceptors (Lipinski definition) is 7. The zero-order valence-electron chi connectivity index (χ0n) is 32.6. The van der Waals surface area contributed by atoms with Crippen LogP contribution in [0, 0.1) is 18.8 Å². The summed E-state index contributed by atoms with van der Waals surface area (Å²) in [5.41, 5.74) is 5.06. The highest BCUT2D eigenvalue weighted by atomic mass is 16.6. The Morgan fingerprint density at radius 3 is 2.31 bits per heavy atom. The maximum atomic E-state index is 14.5. The number of hydrogen-bond donors (Lipinski definition) is 1. The molecule has 0 unspecified atom stereocenters. The molecule has 4 aliphatic rings. The van der Waals surface area contributed by atoms with Gasteiger partial charge in [0.25, 0.3) is 0 Å². The lowest BCUT2D eigenvalue weighted by atomic mass is 9.78. The molecular weight excluding hydrogens is 683 g/mol.